The summed E-state index contributed by atoms with van der Waals surface area (Å²) < 4.78 is 35.7. The van der Waals surface area contributed by atoms with Crippen molar-refractivity contribution in [1.82, 2.24) is 9.80 Å². The van der Waals surface area contributed by atoms with E-state index in [1.807, 2.05) is 24.3 Å². The first kappa shape index (κ1) is 32.7. The van der Waals surface area contributed by atoms with E-state index in [1.165, 1.54) is 18.2 Å². The molecule has 2 aliphatic heterocycles. The van der Waals surface area contributed by atoms with Crippen LogP contribution in [0.15, 0.2) is 42.5 Å². The summed E-state index contributed by atoms with van der Waals surface area (Å²) in [5.74, 6) is 3.65. The molecule has 10 nitrogen and oxygen atoms in total. The zero-order chi connectivity index (χ0) is 34.6. The zero-order valence-corrected chi connectivity index (χ0v) is 29.2. The largest absolute Gasteiger partial charge is 0.504 e. The van der Waals surface area contributed by atoms with Gasteiger partial charge in [0.2, 0.25) is 5.75 Å². The smallest absolute Gasteiger partial charge is 0.203 e. The summed E-state index contributed by atoms with van der Waals surface area (Å²) in [4.78, 5) is 4.67. The molecule has 10 heteroatoms. The van der Waals surface area contributed by atoms with Crippen LogP contribution in [0.1, 0.15) is 45.5 Å². The second-order valence-electron chi connectivity index (χ2n) is 13.1. The molecule has 2 unspecified atom stereocenters. The van der Waals surface area contributed by atoms with Crippen molar-refractivity contribution in [2.45, 2.75) is 37.8 Å². The molecule has 0 amide bonds. The molecule has 0 fully saturated rings. The SMILES string of the molecule is COc1cc2c(cc1O)C(Cc1ccc(O)c(OC)c1Oc1cc3c(cc1OC)-c1c(OC)c(OC)cc4c1C(C3)N(C)CC4)N(C)CC2. The second-order valence-corrected chi connectivity index (χ2v) is 13.1. The molecule has 2 atom stereocenters. The van der Waals surface area contributed by atoms with E-state index in [0.29, 0.717) is 40.9 Å². The fraction of sp³-hybridized carbons (Fsp3) is 0.385. The minimum absolute atomic E-state index is 0.0277. The Morgan fingerprint density at radius 3 is 2.04 bits per heavy atom. The standard InChI is InChI=1S/C39H44N2O8/c1-40-12-10-21-16-31(44-3)30(43)19-25(21)27(40)14-23-8-9-29(42)38(47-6)37(23)49-33-18-24-15-28-35-22(11-13-41(28)2)17-34(46-5)39(48-7)36(35)26(24)20-32(33)45-4/h8-9,16-20,27-28,42-43H,10-15H2,1-7H3. The molecule has 2 heterocycles. The average Bonchev–Trinajstić information content (AvgIpc) is 3.11. The summed E-state index contributed by atoms with van der Waals surface area (Å²) in [5.41, 5.74) is 8.66. The normalized spacial score (nSPS) is 18.2. The number of aromatic hydroxyl groups is 2. The first-order valence-corrected chi connectivity index (χ1v) is 16.6. The highest BCUT2D eigenvalue weighted by Crippen LogP contribution is 2.55. The number of phenols is 2. The van der Waals surface area contributed by atoms with Crippen molar-refractivity contribution in [1.29, 1.82) is 0 Å². The Hall–Kier alpha value is -4.80. The number of nitrogens with zero attached hydrogens (tertiary/aromatic N) is 2. The van der Waals surface area contributed by atoms with Gasteiger partial charge in [-0.2, -0.15) is 0 Å². The van der Waals surface area contributed by atoms with E-state index in [9.17, 15) is 10.2 Å². The van der Waals surface area contributed by atoms with E-state index in [1.54, 1.807) is 40.6 Å². The highest BCUT2D eigenvalue weighted by molar-refractivity contribution is 5.85. The van der Waals surface area contributed by atoms with Gasteiger partial charge in [-0.15, -0.1) is 0 Å². The Labute approximate surface area is 287 Å². The topological polar surface area (TPSA) is 102 Å². The van der Waals surface area contributed by atoms with Gasteiger partial charge >= 0.3 is 0 Å². The maximum Gasteiger partial charge on any atom is 0.203 e. The number of benzene rings is 4. The van der Waals surface area contributed by atoms with Crippen molar-refractivity contribution in [2.24, 2.45) is 0 Å². The predicted molar refractivity (Wildman–Crippen MR) is 186 cm³/mol. The van der Waals surface area contributed by atoms with Gasteiger partial charge in [-0.05, 0) is 110 Å². The number of hydrogen-bond donors (Lipinski definition) is 2. The minimum atomic E-state index is -0.0717. The van der Waals surface area contributed by atoms with Gasteiger partial charge in [-0.3, -0.25) is 9.80 Å². The van der Waals surface area contributed by atoms with E-state index in [-0.39, 0.29) is 29.3 Å². The van der Waals surface area contributed by atoms with Gasteiger partial charge in [0.15, 0.2) is 46.0 Å². The summed E-state index contributed by atoms with van der Waals surface area (Å²) in [7, 11) is 12.3. The maximum absolute atomic E-state index is 10.9. The fourth-order valence-corrected chi connectivity index (χ4v) is 7.95. The Bertz CT molecular complexity index is 1920. The molecule has 3 aliphatic rings. The lowest BCUT2D eigenvalue weighted by Gasteiger charge is -2.40. The van der Waals surface area contributed by atoms with Crippen LogP contribution in [0, 0.1) is 0 Å². The average molecular weight is 669 g/mol. The molecule has 4 aromatic rings. The van der Waals surface area contributed by atoms with E-state index in [0.717, 1.165) is 65.7 Å². The van der Waals surface area contributed by atoms with Crippen molar-refractivity contribution in [2.75, 3.05) is 62.7 Å². The third kappa shape index (κ3) is 5.43. The third-order valence-corrected chi connectivity index (χ3v) is 10.5. The summed E-state index contributed by atoms with van der Waals surface area (Å²) in [5, 5.41) is 21.6. The number of phenolic OH excluding ortho intramolecular Hbond substituents is 2. The zero-order valence-electron chi connectivity index (χ0n) is 29.2. The van der Waals surface area contributed by atoms with Gasteiger partial charge in [0.1, 0.15) is 0 Å². The van der Waals surface area contributed by atoms with E-state index >= 15 is 0 Å². The molecule has 0 saturated heterocycles. The molecule has 0 bridgehead atoms. The van der Waals surface area contributed by atoms with Crippen LogP contribution in [0.5, 0.6) is 51.7 Å². The minimum Gasteiger partial charge on any atom is -0.504 e. The van der Waals surface area contributed by atoms with Gasteiger partial charge in [0.05, 0.1) is 35.5 Å². The summed E-state index contributed by atoms with van der Waals surface area (Å²) in [6.45, 7) is 1.78. The second kappa shape index (κ2) is 12.9. The number of hydrogen-bond acceptors (Lipinski definition) is 10. The summed E-state index contributed by atoms with van der Waals surface area (Å²) >= 11 is 0. The van der Waals surface area contributed by atoms with Crippen LogP contribution in [-0.4, -0.2) is 82.7 Å². The molecule has 2 N–H and O–H groups in total. The maximum atomic E-state index is 10.9. The molecular formula is C39H44N2O8. The lowest BCUT2D eigenvalue weighted by Crippen LogP contribution is -2.35. The summed E-state index contributed by atoms with van der Waals surface area (Å²) in [6.07, 6.45) is 3.08. The van der Waals surface area contributed by atoms with Crippen LogP contribution < -0.4 is 28.4 Å². The van der Waals surface area contributed by atoms with Crippen LogP contribution in [0.3, 0.4) is 0 Å². The Morgan fingerprint density at radius 2 is 1.33 bits per heavy atom. The Balaban J connectivity index is 1.34. The number of rotatable bonds is 9. The quantitative estimate of drug-likeness (QED) is 0.207. The Morgan fingerprint density at radius 1 is 0.653 bits per heavy atom. The van der Waals surface area contributed by atoms with Crippen molar-refractivity contribution >= 4 is 0 Å². The van der Waals surface area contributed by atoms with Gasteiger partial charge in [0, 0.05) is 36.3 Å². The lowest BCUT2D eigenvalue weighted by molar-refractivity contribution is 0.226. The number of methoxy groups -OCH3 is 5. The van der Waals surface area contributed by atoms with Crippen LogP contribution in [0.25, 0.3) is 11.1 Å². The number of likely N-dealkylation sites (N-methyl/N-ethyl adjacent to an activating group) is 2. The van der Waals surface area contributed by atoms with Gasteiger partial charge in [-0.1, -0.05) is 6.07 Å². The molecular weight excluding hydrogens is 624 g/mol. The van der Waals surface area contributed by atoms with Crippen LogP contribution >= 0.6 is 0 Å². The van der Waals surface area contributed by atoms with E-state index < -0.39 is 0 Å². The van der Waals surface area contributed by atoms with Crippen LogP contribution in [-0.2, 0) is 25.7 Å². The first-order valence-electron chi connectivity index (χ1n) is 16.6. The van der Waals surface area contributed by atoms with Crippen molar-refractivity contribution in [3.05, 3.63) is 75.8 Å². The predicted octanol–water partition coefficient (Wildman–Crippen LogP) is 6.46. The summed E-state index contributed by atoms with van der Waals surface area (Å²) in [6, 6.07) is 13.5. The molecule has 1 aliphatic carbocycles. The fourth-order valence-electron chi connectivity index (χ4n) is 7.95. The third-order valence-electron chi connectivity index (χ3n) is 10.5. The molecule has 0 saturated carbocycles. The first-order chi connectivity index (χ1) is 23.7. The number of ether oxygens (including phenoxy) is 6. The van der Waals surface area contributed by atoms with Crippen LogP contribution in [0.4, 0.5) is 0 Å². The van der Waals surface area contributed by atoms with E-state index in [4.69, 9.17) is 28.4 Å². The van der Waals surface area contributed by atoms with Crippen molar-refractivity contribution < 1.29 is 38.6 Å². The number of fused-ring (bicyclic) bond motifs is 3. The molecule has 4 aromatic carbocycles. The molecule has 0 spiro atoms. The molecule has 0 radical (unpaired) electrons. The van der Waals surface area contributed by atoms with Crippen molar-refractivity contribution in [3.63, 3.8) is 0 Å². The molecule has 0 aromatic heterocycles. The van der Waals surface area contributed by atoms with Crippen LogP contribution in [0.2, 0.25) is 0 Å². The molecule has 258 valence electrons. The van der Waals surface area contributed by atoms with Gasteiger partial charge < -0.3 is 38.6 Å². The van der Waals surface area contributed by atoms with Crippen molar-refractivity contribution in [3.8, 4) is 62.9 Å². The highest BCUT2D eigenvalue weighted by Gasteiger charge is 2.37. The highest BCUT2D eigenvalue weighted by atomic mass is 16.5. The molecule has 7 rings (SSSR count). The molecule has 49 heavy (non-hydrogen) atoms. The Kier molecular flexibility index (Phi) is 8.62. The van der Waals surface area contributed by atoms with Gasteiger partial charge in [-0.25, -0.2) is 0 Å². The monoisotopic (exact) mass is 668 g/mol. The lowest BCUT2D eigenvalue weighted by atomic mass is 9.76. The van der Waals surface area contributed by atoms with E-state index in [2.05, 4.69) is 30.0 Å². The van der Waals surface area contributed by atoms with Gasteiger partial charge in [0.25, 0.3) is 0 Å².